The molecule has 1 aromatic carbocycles. The number of nitrogens with zero attached hydrogens (tertiary/aromatic N) is 2. The summed E-state index contributed by atoms with van der Waals surface area (Å²) in [6.07, 6.45) is 4.65. The van der Waals surface area contributed by atoms with Crippen molar-refractivity contribution in [3.8, 4) is 0 Å². The molecule has 1 fully saturated rings. The second-order valence-electron chi connectivity index (χ2n) is 5.98. The highest BCUT2D eigenvalue weighted by Crippen LogP contribution is 2.19. The van der Waals surface area contributed by atoms with E-state index < -0.39 is 6.09 Å². The van der Waals surface area contributed by atoms with E-state index in [0.717, 1.165) is 24.0 Å². The molecule has 1 aliphatic heterocycles. The third kappa shape index (κ3) is 3.93. The molecule has 1 N–H and O–H groups in total. The Bertz CT molecular complexity index is 796. The standard InChI is InChI=1S/C19H20N2O3/c22-18-3-1-2-10-21(18)14-17-6-4-15(5-7-17)13-16-8-11-20(12-9-16)19(23)24/h1-7,10,13H,8-9,11-12,14H2,(H,23,24). The van der Waals surface area contributed by atoms with Gasteiger partial charge >= 0.3 is 6.09 Å². The Morgan fingerprint density at radius 1 is 1.08 bits per heavy atom. The minimum atomic E-state index is -0.838. The Hall–Kier alpha value is -2.82. The molecule has 0 bridgehead atoms. The van der Waals surface area contributed by atoms with Crippen LogP contribution < -0.4 is 5.56 Å². The minimum absolute atomic E-state index is 0.00566. The first-order valence-corrected chi connectivity index (χ1v) is 8.03. The zero-order valence-corrected chi connectivity index (χ0v) is 13.4. The van der Waals surface area contributed by atoms with Crippen molar-refractivity contribution < 1.29 is 9.90 Å². The summed E-state index contributed by atoms with van der Waals surface area (Å²) in [5, 5.41) is 8.97. The van der Waals surface area contributed by atoms with Gasteiger partial charge in [-0.05, 0) is 30.0 Å². The minimum Gasteiger partial charge on any atom is -0.465 e. The SMILES string of the molecule is O=C(O)N1CCC(=Cc2ccc(Cn3ccccc3=O)cc2)CC1. The van der Waals surface area contributed by atoms with Crippen molar-refractivity contribution in [2.45, 2.75) is 19.4 Å². The summed E-state index contributed by atoms with van der Waals surface area (Å²) in [7, 11) is 0. The van der Waals surface area contributed by atoms with E-state index in [1.807, 2.05) is 30.3 Å². The van der Waals surface area contributed by atoms with Crippen molar-refractivity contribution in [3.05, 3.63) is 75.7 Å². The number of carbonyl (C=O) groups is 1. The molecule has 1 aliphatic rings. The zero-order valence-electron chi connectivity index (χ0n) is 13.4. The van der Waals surface area contributed by atoms with Crippen molar-refractivity contribution in [2.75, 3.05) is 13.1 Å². The Labute approximate surface area is 140 Å². The van der Waals surface area contributed by atoms with E-state index in [-0.39, 0.29) is 5.56 Å². The third-order valence-corrected chi connectivity index (χ3v) is 4.28. The molecule has 124 valence electrons. The van der Waals surface area contributed by atoms with Crippen LogP contribution in [0.3, 0.4) is 0 Å². The molecule has 1 amide bonds. The molecule has 5 nitrogen and oxygen atoms in total. The summed E-state index contributed by atoms with van der Waals surface area (Å²) in [6, 6.07) is 13.3. The van der Waals surface area contributed by atoms with Crippen LogP contribution in [-0.2, 0) is 6.54 Å². The van der Waals surface area contributed by atoms with E-state index in [4.69, 9.17) is 5.11 Å². The fourth-order valence-corrected chi connectivity index (χ4v) is 2.87. The Morgan fingerprint density at radius 3 is 2.42 bits per heavy atom. The first-order valence-electron chi connectivity index (χ1n) is 8.03. The lowest BCUT2D eigenvalue weighted by Gasteiger charge is -2.25. The van der Waals surface area contributed by atoms with Gasteiger partial charge in [0.25, 0.3) is 5.56 Å². The smallest absolute Gasteiger partial charge is 0.407 e. The van der Waals surface area contributed by atoms with Gasteiger partial charge in [-0.3, -0.25) is 4.79 Å². The third-order valence-electron chi connectivity index (χ3n) is 4.28. The number of hydrogen-bond donors (Lipinski definition) is 1. The van der Waals surface area contributed by atoms with Crippen LogP contribution in [0.1, 0.15) is 24.0 Å². The van der Waals surface area contributed by atoms with Gasteiger partial charge in [0.05, 0.1) is 6.54 Å². The molecule has 0 saturated carbocycles. The largest absolute Gasteiger partial charge is 0.465 e. The molecule has 3 rings (SSSR count). The van der Waals surface area contributed by atoms with Gasteiger partial charge in [-0.25, -0.2) is 4.79 Å². The molecule has 5 heteroatoms. The molecule has 0 aliphatic carbocycles. The summed E-state index contributed by atoms with van der Waals surface area (Å²) in [4.78, 5) is 24.1. The van der Waals surface area contributed by atoms with E-state index >= 15 is 0 Å². The molecular weight excluding hydrogens is 304 g/mol. The monoisotopic (exact) mass is 324 g/mol. The number of hydrogen-bond acceptors (Lipinski definition) is 2. The summed E-state index contributed by atoms with van der Waals surface area (Å²) in [6.45, 7) is 1.69. The van der Waals surface area contributed by atoms with Crippen molar-refractivity contribution in [3.63, 3.8) is 0 Å². The second kappa shape index (κ2) is 7.17. The number of carboxylic acid groups (broad SMARTS) is 1. The lowest BCUT2D eigenvalue weighted by molar-refractivity contribution is 0.142. The average molecular weight is 324 g/mol. The van der Waals surface area contributed by atoms with Crippen molar-refractivity contribution in [1.82, 2.24) is 9.47 Å². The number of likely N-dealkylation sites (tertiary alicyclic amines) is 1. The first-order chi connectivity index (χ1) is 11.6. The van der Waals surface area contributed by atoms with Crippen LogP contribution in [0.15, 0.2) is 59.0 Å². The fourth-order valence-electron chi connectivity index (χ4n) is 2.87. The molecule has 24 heavy (non-hydrogen) atoms. The van der Waals surface area contributed by atoms with Crippen LogP contribution in [0.4, 0.5) is 4.79 Å². The fraction of sp³-hybridized carbons (Fsp3) is 0.263. The number of amides is 1. The number of benzene rings is 1. The van der Waals surface area contributed by atoms with E-state index in [1.165, 1.54) is 10.5 Å². The van der Waals surface area contributed by atoms with Gasteiger partial charge in [0.1, 0.15) is 0 Å². The molecule has 2 heterocycles. The van der Waals surface area contributed by atoms with Gasteiger partial charge in [-0.2, -0.15) is 0 Å². The summed E-state index contributed by atoms with van der Waals surface area (Å²) in [5.41, 5.74) is 3.46. The highest BCUT2D eigenvalue weighted by atomic mass is 16.4. The second-order valence-corrected chi connectivity index (χ2v) is 5.98. The normalized spacial score (nSPS) is 14.5. The number of pyridine rings is 1. The topological polar surface area (TPSA) is 62.5 Å². The number of piperidine rings is 1. The summed E-state index contributed by atoms with van der Waals surface area (Å²) < 4.78 is 1.68. The van der Waals surface area contributed by atoms with Gasteiger partial charge in [-0.1, -0.05) is 42.0 Å². The van der Waals surface area contributed by atoms with Crippen molar-refractivity contribution >= 4 is 12.2 Å². The lowest BCUT2D eigenvalue weighted by Crippen LogP contribution is -2.35. The Kier molecular flexibility index (Phi) is 4.79. The maximum Gasteiger partial charge on any atom is 0.407 e. The molecule has 2 aromatic rings. The average Bonchev–Trinajstić information content (AvgIpc) is 2.59. The first kappa shape index (κ1) is 16.1. The van der Waals surface area contributed by atoms with E-state index in [2.05, 4.69) is 6.08 Å². The number of aromatic nitrogens is 1. The Balaban J connectivity index is 1.65. The van der Waals surface area contributed by atoms with E-state index in [1.54, 1.807) is 22.9 Å². The van der Waals surface area contributed by atoms with Gasteiger partial charge < -0.3 is 14.6 Å². The van der Waals surface area contributed by atoms with Gasteiger partial charge in [0.2, 0.25) is 0 Å². The zero-order chi connectivity index (χ0) is 16.9. The van der Waals surface area contributed by atoms with Gasteiger partial charge in [-0.15, -0.1) is 0 Å². The van der Waals surface area contributed by atoms with Crippen LogP contribution in [0.25, 0.3) is 6.08 Å². The van der Waals surface area contributed by atoms with Crippen LogP contribution in [0.5, 0.6) is 0 Å². The van der Waals surface area contributed by atoms with Gasteiger partial charge in [0, 0.05) is 25.4 Å². The summed E-state index contributed by atoms with van der Waals surface area (Å²) >= 11 is 0. The molecule has 1 saturated heterocycles. The van der Waals surface area contributed by atoms with Crippen LogP contribution in [-0.4, -0.2) is 33.8 Å². The highest BCUT2D eigenvalue weighted by Gasteiger charge is 2.17. The predicted octanol–water partition coefficient (Wildman–Crippen LogP) is 3.05. The molecule has 0 unspecified atom stereocenters. The van der Waals surface area contributed by atoms with E-state index in [9.17, 15) is 9.59 Å². The summed E-state index contributed by atoms with van der Waals surface area (Å²) in [5.74, 6) is 0. The number of rotatable bonds is 3. The molecule has 0 spiro atoms. The maximum atomic E-state index is 11.7. The quantitative estimate of drug-likeness (QED) is 0.944. The maximum absolute atomic E-state index is 11.7. The van der Waals surface area contributed by atoms with Crippen molar-refractivity contribution in [1.29, 1.82) is 0 Å². The van der Waals surface area contributed by atoms with Gasteiger partial charge in [0.15, 0.2) is 0 Å². The van der Waals surface area contributed by atoms with Crippen LogP contribution in [0.2, 0.25) is 0 Å². The van der Waals surface area contributed by atoms with E-state index in [0.29, 0.717) is 19.6 Å². The molecule has 1 aromatic heterocycles. The lowest BCUT2D eigenvalue weighted by atomic mass is 10.0. The molecule has 0 radical (unpaired) electrons. The predicted molar refractivity (Wildman–Crippen MR) is 93.1 cm³/mol. The highest BCUT2D eigenvalue weighted by molar-refractivity contribution is 5.65. The Morgan fingerprint density at radius 2 is 1.79 bits per heavy atom. The van der Waals surface area contributed by atoms with Crippen LogP contribution in [0, 0.1) is 0 Å². The molecular formula is C19H20N2O3. The van der Waals surface area contributed by atoms with Crippen LogP contribution >= 0.6 is 0 Å². The van der Waals surface area contributed by atoms with Crippen molar-refractivity contribution in [2.24, 2.45) is 0 Å². The molecule has 0 atom stereocenters.